The van der Waals surface area contributed by atoms with Crippen LogP contribution < -0.4 is 10.6 Å². The number of aromatic nitrogens is 2. The topological polar surface area (TPSA) is 104 Å². The highest BCUT2D eigenvalue weighted by molar-refractivity contribution is 7.91. The highest BCUT2D eigenvalue weighted by atomic mass is 35.5. The van der Waals surface area contributed by atoms with Gasteiger partial charge in [-0.3, -0.25) is 9.89 Å². The molecule has 128 valence electrons. The number of fused-ring (bicyclic) bond motifs is 1. The lowest BCUT2D eigenvalue weighted by Gasteiger charge is -2.12. The Labute approximate surface area is 144 Å². The number of aromatic amines is 1. The number of sulfone groups is 1. The second-order valence-corrected chi connectivity index (χ2v) is 8.03. The fraction of sp³-hybridized carbons (Fsp3) is 0.333. The summed E-state index contributed by atoms with van der Waals surface area (Å²) >= 11 is 5.76. The number of H-pyrrole nitrogens is 1. The van der Waals surface area contributed by atoms with Gasteiger partial charge < -0.3 is 10.6 Å². The van der Waals surface area contributed by atoms with Gasteiger partial charge in [-0.15, -0.1) is 0 Å². The molecule has 0 saturated heterocycles. The normalized spacial score (nSPS) is 14.2. The largest absolute Gasteiger partial charge is 0.350 e. The summed E-state index contributed by atoms with van der Waals surface area (Å²) in [6.45, 7) is 1.44. The molecule has 0 fully saturated rings. The van der Waals surface area contributed by atoms with Crippen LogP contribution in [0.5, 0.6) is 0 Å². The van der Waals surface area contributed by atoms with Crippen LogP contribution in [0.3, 0.4) is 0 Å². The second kappa shape index (κ2) is 6.92. The van der Waals surface area contributed by atoms with Crippen LogP contribution in [-0.4, -0.2) is 43.4 Å². The molecular formula is C15H17ClN4O3S. The number of rotatable bonds is 5. The molecule has 1 aromatic heterocycles. The third-order valence-electron chi connectivity index (χ3n) is 3.85. The lowest BCUT2D eigenvalue weighted by molar-refractivity contribution is 0.0950. The van der Waals surface area contributed by atoms with Crippen molar-refractivity contribution in [1.82, 2.24) is 20.8 Å². The molecule has 1 aliphatic rings. The number of nitrogens with zero attached hydrogens (tertiary/aromatic N) is 1. The molecule has 0 bridgehead atoms. The molecule has 1 aliphatic heterocycles. The van der Waals surface area contributed by atoms with Gasteiger partial charge in [-0.25, -0.2) is 8.42 Å². The minimum absolute atomic E-state index is 0.0128. The van der Waals surface area contributed by atoms with Crippen molar-refractivity contribution < 1.29 is 13.2 Å². The summed E-state index contributed by atoms with van der Waals surface area (Å²) in [5, 5.41) is 13.2. The van der Waals surface area contributed by atoms with E-state index >= 15 is 0 Å². The van der Waals surface area contributed by atoms with E-state index in [1.807, 2.05) is 0 Å². The second-order valence-electron chi connectivity index (χ2n) is 5.48. The number of nitrogens with one attached hydrogen (secondary N) is 3. The Balaban J connectivity index is 1.61. The standard InChI is InChI=1S/C15H17ClN4O3S/c16-10-1-3-11(4-2-10)24(22,23)8-7-18-15(21)14-12-9-17-6-5-13(12)19-20-14/h1-4,17H,5-9H2,(H,18,21)(H,19,20). The summed E-state index contributed by atoms with van der Waals surface area (Å²) in [4.78, 5) is 12.4. The first kappa shape index (κ1) is 16.9. The van der Waals surface area contributed by atoms with Crippen molar-refractivity contribution in [3.8, 4) is 0 Å². The number of halogens is 1. The van der Waals surface area contributed by atoms with Gasteiger partial charge in [0, 0.05) is 42.3 Å². The van der Waals surface area contributed by atoms with Crippen LogP contribution in [0.2, 0.25) is 5.02 Å². The van der Waals surface area contributed by atoms with Crippen LogP contribution in [0.15, 0.2) is 29.2 Å². The first-order chi connectivity index (χ1) is 11.5. The maximum atomic E-state index is 12.2. The molecular weight excluding hydrogens is 352 g/mol. The van der Waals surface area contributed by atoms with Crippen LogP contribution in [-0.2, 0) is 22.8 Å². The van der Waals surface area contributed by atoms with Gasteiger partial charge in [-0.1, -0.05) is 11.6 Å². The number of carbonyl (C=O) groups is 1. The summed E-state index contributed by atoms with van der Waals surface area (Å²) in [5.74, 6) is -0.562. The Morgan fingerprint density at radius 1 is 1.29 bits per heavy atom. The smallest absolute Gasteiger partial charge is 0.272 e. The zero-order valence-corrected chi connectivity index (χ0v) is 14.4. The number of carbonyl (C=O) groups excluding carboxylic acids is 1. The molecule has 0 aliphatic carbocycles. The number of hydrogen-bond acceptors (Lipinski definition) is 5. The number of amides is 1. The Morgan fingerprint density at radius 3 is 2.79 bits per heavy atom. The van der Waals surface area contributed by atoms with Gasteiger partial charge in [-0.2, -0.15) is 5.10 Å². The molecule has 2 heterocycles. The van der Waals surface area contributed by atoms with Crippen molar-refractivity contribution in [2.24, 2.45) is 0 Å². The lowest BCUT2D eigenvalue weighted by Crippen LogP contribution is -2.31. The van der Waals surface area contributed by atoms with Gasteiger partial charge in [0.15, 0.2) is 15.5 Å². The predicted octanol–water partition coefficient (Wildman–Crippen LogP) is 0.912. The highest BCUT2D eigenvalue weighted by Crippen LogP contribution is 2.16. The van der Waals surface area contributed by atoms with Gasteiger partial charge in [-0.05, 0) is 24.3 Å². The lowest BCUT2D eigenvalue weighted by atomic mass is 10.1. The average Bonchev–Trinajstić information content (AvgIpc) is 2.99. The molecule has 1 aromatic carbocycles. The van der Waals surface area contributed by atoms with Crippen molar-refractivity contribution in [2.75, 3.05) is 18.8 Å². The van der Waals surface area contributed by atoms with E-state index in [-0.39, 0.29) is 23.1 Å². The van der Waals surface area contributed by atoms with E-state index in [4.69, 9.17) is 11.6 Å². The van der Waals surface area contributed by atoms with Crippen molar-refractivity contribution in [2.45, 2.75) is 17.9 Å². The Hall–Kier alpha value is -1.90. The quantitative estimate of drug-likeness (QED) is 0.727. The first-order valence-electron chi connectivity index (χ1n) is 7.51. The molecule has 0 spiro atoms. The van der Waals surface area contributed by atoms with Crippen LogP contribution in [0, 0.1) is 0 Å². The molecule has 3 rings (SSSR count). The molecule has 0 atom stereocenters. The van der Waals surface area contributed by atoms with E-state index in [0.29, 0.717) is 17.3 Å². The molecule has 24 heavy (non-hydrogen) atoms. The number of benzene rings is 1. The molecule has 0 radical (unpaired) electrons. The van der Waals surface area contributed by atoms with Gasteiger partial charge in [0.05, 0.1) is 10.6 Å². The van der Waals surface area contributed by atoms with Crippen LogP contribution >= 0.6 is 11.6 Å². The zero-order chi connectivity index (χ0) is 17.2. The van der Waals surface area contributed by atoms with Crippen molar-refractivity contribution in [3.63, 3.8) is 0 Å². The van der Waals surface area contributed by atoms with Crippen LogP contribution in [0.1, 0.15) is 21.7 Å². The maximum Gasteiger partial charge on any atom is 0.272 e. The van der Waals surface area contributed by atoms with Crippen molar-refractivity contribution in [3.05, 3.63) is 46.2 Å². The highest BCUT2D eigenvalue weighted by Gasteiger charge is 2.22. The fourth-order valence-electron chi connectivity index (χ4n) is 2.56. The zero-order valence-electron chi connectivity index (χ0n) is 12.8. The van der Waals surface area contributed by atoms with E-state index in [1.165, 1.54) is 24.3 Å². The Morgan fingerprint density at radius 2 is 2.04 bits per heavy atom. The maximum absolute atomic E-state index is 12.2. The minimum atomic E-state index is -3.47. The monoisotopic (exact) mass is 368 g/mol. The molecule has 3 N–H and O–H groups in total. The molecule has 9 heteroatoms. The Kier molecular flexibility index (Phi) is 4.88. The van der Waals surface area contributed by atoms with Gasteiger partial charge in [0.25, 0.3) is 5.91 Å². The third-order valence-corrected chi connectivity index (χ3v) is 5.83. The van der Waals surface area contributed by atoms with E-state index in [1.54, 1.807) is 0 Å². The van der Waals surface area contributed by atoms with Gasteiger partial charge >= 0.3 is 0 Å². The van der Waals surface area contributed by atoms with Gasteiger partial charge in [0.2, 0.25) is 0 Å². The molecule has 7 nitrogen and oxygen atoms in total. The van der Waals surface area contributed by atoms with E-state index in [2.05, 4.69) is 20.8 Å². The minimum Gasteiger partial charge on any atom is -0.350 e. The molecule has 2 aromatic rings. The predicted molar refractivity (Wildman–Crippen MR) is 89.8 cm³/mol. The summed E-state index contributed by atoms with van der Waals surface area (Å²) in [7, 11) is -3.47. The average molecular weight is 369 g/mol. The van der Waals surface area contributed by atoms with E-state index < -0.39 is 9.84 Å². The third kappa shape index (κ3) is 3.61. The fourth-order valence-corrected chi connectivity index (χ4v) is 3.84. The van der Waals surface area contributed by atoms with Crippen LogP contribution in [0.25, 0.3) is 0 Å². The first-order valence-corrected chi connectivity index (χ1v) is 9.54. The summed E-state index contributed by atoms with van der Waals surface area (Å²) < 4.78 is 24.4. The number of hydrogen-bond donors (Lipinski definition) is 3. The SMILES string of the molecule is O=C(NCCS(=O)(=O)c1ccc(Cl)cc1)c1n[nH]c2c1CNCC2. The van der Waals surface area contributed by atoms with Crippen LogP contribution in [0.4, 0.5) is 0 Å². The van der Waals surface area contributed by atoms with E-state index in [0.717, 1.165) is 24.2 Å². The molecule has 0 saturated carbocycles. The summed E-state index contributed by atoms with van der Waals surface area (Å²) in [6.07, 6.45) is 0.792. The molecule has 1 amide bonds. The summed E-state index contributed by atoms with van der Waals surface area (Å²) in [6, 6.07) is 5.95. The molecule has 0 unspecified atom stereocenters. The summed E-state index contributed by atoms with van der Waals surface area (Å²) in [5.41, 5.74) is 2.12. The Bertz CT molecular complexity index is 846. The van der Waals surface area contributed by atoms with Crippen molar-refractivity contribution in [1.29, 1.82) is 0 Å². The van der Waals surface area contributed by atoms with Gasteiger partial charge in [0.1, 0.15) is 0 Å². The van der Waals surface area contributed by atoms with Crippen molar-refractivity contribution >= 4 is 27.3 Å². The van der Waals surface area contributed by atoms with E-state index in [9.17, 15) is 13.2 Å².